The van der Waals surface area contributed by atoms with Crippen molar-refractivity contribution in [2.45, 2.75) is 6.92 Å². The molecule has 0 atom stereocenters. The van der Waals surface area contributed by atoms with E-state index in [0.717, 1.165) is 16.7 Å². The van der Waals surface area contributed by atoms with E-state index in [1.54, 1.807) is 12.1 Å². The summed E-state index contributed by atoms with van der Waals surface area (Å²) in [5.41, 5.74) is 2.84. The minimum atomic E-state index is 0.361. The van der Waals surface area contributed by atoms with E-state index < -0.39 is 0 Å². The quantitative estimate of drug-likeness (QED) is 0.544. The van der Waals surface area contributed by atoms with Crippen molar-refractivity contribution in [2.24, 2.45) is 0 Å². The smallest absolute Gasteiger partial charge is 0.0778 e. The highest BCUT2D eigenvalue weighted by Gasteiger charge is 2.09. The maximum absolute atomic E-state index is 6.19. The SMILES string of the molecule is Cc1ccc(-c2cc(Cl)c(Cl)c(Cl)c2)c(Cl)c1. The zero-order valence-electron chi connectivity index (χ0n) is 8.90. The summed E-state index contributed by atoms with van der Waals surface area (Å²) >= 11 is 24.1. The van der Waals surface area contributed by atoms with Gasteiger partial charge in [-0.05, 0) is 36.2 Å². The molecular weight excluding hydrogens is 298 g/mol. The van der Waals surface area contributed by atoms with Crippen LogP contribution in [0.15, 0.2) is 30.3 Å². The predicted octanol–water partition coefficient (Wildman–Crippen LogP) is 6.28. The van der Waals surface area contributed by atoms with Crippen molar-refractivity contribution in [1.82, 2.24) is 0 Å². The maximum Gasteiger partial charge on any atom is 0.0778 e. The molecule has 0 aromatic heterocycles. The number of hydrogen-bond donors (Lipinski definition) is 0. The Bertz CT molecular complexity index is 553. The fourth-order valence-corrected chi connectivity index (χ4v) is 2.51. The van der Waals surface area contributed by atoms with Gasteiger partial charge in [0.05, 0.1) is 15.1 Å². The van der Waals surface area contributed by atoms with Crippen LogP contribution in [0.3, 0.4) is 0 Å². The van der Waals surface area contributed by atoms with E-state index >= 15 is 0 Å². The molecule has 0 aliphatic heterocycles. The van der Waals surface area contributed by atoms with Crippen LogP contribution in [0.5, 0.6) is 0 Å². The second-order valence-corrected chi connectivity index (χ2v) is 5.34. The van der Waals surface area contributed by atoms with Gasteiger partial charge in [-0.2, -0.15) is 0 Å². The lowest BCUT2D eigenvalue weighted by atomic mass is 10.0. The van der Waals surface area contributed by atoms with Crippen LogP contribution in [0.1, 0.15) is 5.56 Å². The molecule has 0 saturated carbocycles. The molecule has 0 fully saturated rings. The molecule has 4 heteroatoms. The van der Waals surface area contributed by atoms with Crippen LogP contribution in [0, 0.1) is 6.92 Å². The third kappa shape index (κ3) is 2.71. The second kappa shape index (κ2) is 5.07. The van der Waals surface area contributed by atoms with Crippen molar-refractivity contribution in [2.75, 3.05) is 0 Å². The molecule has 0 heterocycles. The normalized spacial score (nSPS) is 10.6. The van der Waals surface area contributed by atoms with Gasteiger partial charge in [0.25, 0.3) is 0 Å². The average molecular weight is 306 g/mol. The lowest BCUT2D eigenvalue weighted by Gasteiger charge is -2.08. The van der Waals surface area contributed by atoms with Crippen molar-refractivity contribution < 1.29 is 0 Å². The Hall–Kier alpha value is -0.400. The Morgan fingerprint density at radius 3 is 1.88 bits per heavy atom. The summed E-state index contributed by atoms with van der Waals surface area (Å²) < 4.78 is 0. The van der Waals surface area contributed by atoms with Crippen LogP contribution in [0.25, 0.3) is 11.1 Å². The van der Waals surface area contributed by atoms with Crippen molar-refractivity contribution in [3.63, 3.8) is 0 Å². The van der Waals surface area contributed by atoms with Crippen LogP contribution in [-0.2, 0) is 0 Å². The summed E-state index contributed by atoms with van der Waals surface area (Å²) in [6.07, 6.45) is 0. The van der Waals surface area contributed by atoms with E-state index in [0.29, 0.717) is 20.1 Å². The van der Waals surface area contributed by atoms with Gasteiger partial charge in [0.15, 0.2) is 0 Å². The second-order valence-electron chi connectivity index (χ2n) is 3.74. The molecule has 0 radical (unpaired) electrons. The summed E-state index contributed by atoms with van der Waals surface area (Å²) in [4.78, 5) is 0. The molecule has 0 saturated heterocycles. The molecule has 0 aliphatic carbocycles. The molecule has 2 rings (SSSR count). The number of rotatable bonds is 1. The van der Waals surface area contributed by atoms with E-state index in [1.165, 1.54) is 0 Å². The monoisotopic (exact) mass is 304 g/mol. The standard InChI is InChI=1S/C13H8Cl4/c1-7-2-3-9(10(14)4-7)8-5-11(15)13(17)12(16)6-8/h2-6H,1H3. The van der Waals surface area contributed by atoms with Gasteiger partial charge in [-0.15, -0.1) is 0 Å². The van der Waals surface area contributed by atoms with Gasteiger partial charge < -0.3 is 0 Å². The molecule has 0 unspecified atom stereocenters. The molecule has 2 aromatic rings. The molecule has 0 nitrogen and oxygen atoms in total. The van der Waals surface area contributed by atoms with Gasteiger partial charge in [0.2, 0.25) is 0 Å². The van der Waals surface area contributed by atoms with Crippen LogP contribution >= 0.6 is 46.4 Å². The topological polar surface area (TPSA) is 0 Å². The highest BCUT2D eigenvalue weighted by Crippen LogP contribution is 2.37. The lowest BCUT2D eigenvalue weighted by Crippen LogP contribution is -1.83. The lowest BCUT2D eigenvalue weighted by molar-refractivity contribution is 1.47. The molecule has 0 spiro atoms. The van der Waals surface area contributed by atoms with E-state index in [-0.39, 0.29) is 0 Å². The Kier molecular flexibility index (Phi) is 3.89. The third-order valence-corrected chi connectivity index (χ3v) is 3.93. The summed E-state index contributed by atoms with van der Waals surface area (Å²) in [5.74, 6) is 0. The summed E-state index contributed by atoms with van der Waals surface area (Å²) in [6, 6.07) is 9.33. The summed E-state index contributed by atoms with van der Waals surface area (Å²) in [5, 5.41) is 1.87. The molecule has 17 heavy (non-hydrogen) atoms. The molecule has 0 N–H and O–H groups in total. The van der Waals surface area contributed by atoms with E-state index in [9.17, 15) is 0 Å². The van der Waals surface area contributed by atoms with Crippen LogP contribution in [-0.4, -0.2) is 0 Å². The first-order valence-corrected chi connectivity index (χ1v) is 6.41. The fraction of sp³-hybridized carbons (Fsp3) is 0.0769. The molecule has 2 aromatic carbocycles. The predicted molar refractivity (Wildman–Crippen MR) is 76.7 cm³/mol. The van der Waals surface area contributed by atoms with Crippen LogP contribution in [0.2, 0.25) is 20.1 Å². The van der Waals surface area contributed by atoms with E-state index in [2.05, 4.69) is 0 Å². The van der Waals surface area contributed by atoms with Crippen LogP contribution in [0.4, 0.5) is 0 Å². The molecule has 88 valence electrons. The van der Waals surface area contributed by atoms with Crippen molar-refractivity contribution in [1.29, 1.82) is 0 Å². The third-order valence-electron chi connectivity index (χ3n) is 2.42. The highest BCUT2D eigenvalue weighted by molar-refractivity contribution is 6.48. The first-order valence-electron chi connectivity index (χ1n) is 4.90. The number of benzene rings is 2. The molecule has 0 bridgehead atoms. The number of hydrogen-bond acceptors (Lipinski definition) is 0. The molecule has 0 amide bonds. The van der Waals surface area contributed by atoms with Crippen molar-refractivity contribution in [3.05, 3.63) is 56.0 Å². The number of aryl methyl sites for hydroxylation is 1. The minimum absolute atomic E-state index is 0.361. The zero-order valence-corrected chi connectivity index (χ0v) is 11.9. The van der Waals surface area contributed by atoms with Gasteiger partial charge in [-0.3, -0.25) is 0 Å². The summed E-state index contributed by atoms with van der Waals surface area (Å²) in [6.45, 7) is 1.98. The largest absolute Gasteiger partial charge is 0.0837 e. The summed E-state index contributed by atoms with van der Waals surface area (Å²) in [7, 11) is 0. The molecular formula is C13H8Cl4. The molecule has 0 aliphatic rings. The van der Waals surface area contributed by atoms with E-state index in [4.69, 9.17) is 46.4 Å². The first-order chi connectivity index (χ1) is 7.99. The number of halogens is 4. The Morgan fingerprint density at radius 2 is 1.35 bits per heavy atom. The van der Waals surface area contributed by atoms with E-state index in [1.807, 2.05) is 25.1 Å². The first kappa shape index (κ1) is 13.0. The minimum Gasteiger partial charge on any atom is -0.0837 e. The average Bonchev–Trinajstić information content (AvgIpc) is 2.25. The van der Waals surface area contributed by atoms with Crippen LogP contribution < -0.4 is 0 Å². The Labute approximate surface area is 120 Å². The Morgan fingerprint density at radius 1 is 0.765 bits per heavy atom. The van der Waals surface area contributed by atoms with Crippen molar-refractivity contribution in [3.8, 4) is 11.1 Å². The Balaban J connectivity index is 2.61. The van der Waals surface area contributed by atoms with Gasteiger partial charge in [-0.1, -0.05) is 58.5 Å². The maximum atomic E-state index is 6.19. The highest BCUT2D eigenvalue weighted by atomic mass is 35.5. The van der Waals surface area contributed by atoms with Gasteiger partial charge in [0, 0.05) is 10.6 Å². The van der Waals surface area contributed by atoms with Gasteiger partial charge >= 0.3 is 0 Å². The van der Waals surface area contributed by atoms with Crippen molar-refractivity contribution >= 4 is 46.4 Å². The van der Waals surface area contributed by atoms with Gasteiger partial charge in [0.1, 0.15) is 0 Å². The zero-order chi connectivity index (χ0) is 12.6. The fourth-order valence-electron chi connectivity index (χ4n) is 1.57. The van der Waals surface area contributed by atoms with Gasteiger partial charge in [-0.25, -0.2) is 0 Å².